The van der Waals surface area contributed by atoms with Gasteiger partial charge in [-0.2, -0.15) is 0 Å². The molecule has 0 aromatic rings. The van der Waals surface area contributed by atoms with E-state index in [1.807, 2.05) is 0 Å². The van der Waals surface area contributed by atoms with Crippen LogP contribution in [-0.4, -0.2) is 58.0 Å². The van der Waals surface area contributed by atoms with E-state index < -0.39 is 53.7 Å². The molecule has 40 heavy (non-hydrogen) atoms. The zero-order valence-electron chi connectivity index (χ0n) is 25.6. The third-order valence-electron chi connectivity index (χ3n) is 8.71. The average molecular weight is 568 g/mol. The summed E-state index contributed by atoms with van der Waals surface area (Å²) >= 11 is 0. The molecule has 9 heteroatoms. The standard InChI is InChI=1S/C31H57N3O6/c1-20(28(32)37)16-26(35)24(18-22-12-8-6-9-13-22)33-29(38)21(2)17-27(36)25(19-23-14-10-7-11-15-23)34-30(39)40-31(3,4)5/h20-27,35-36H,6-19H2,1-5H3,(H2,32,37)(H,33,38)(H,34,39)/t20-,21-,24+,25+,26+,27+/m1/s1. The molecule has 0 aromatic heterocycles. The number of primary amides is 1. The number of alkyl carbamates (subject to hydrolysis) is 1. The lowest BCUT2D eigenvalue weighted by molar-refractivity contribution is -0.127. The van der Waals surface area contributed by atoms with Crippen LogP contribution in [0.5, 0.6) is 0 Å². The fourth-order valence-corrected chi connectivity index (χ4v) is 6.25. The summed E-state index contributed by atoms with van der Waals surface area (Å²) in [5.74, 6) is -0.941. The average Bonchev–Trinajstić information content (AvgIpc) is 2.87. The molecular formula is C31H57N3O6. The van der Waals surface area contributed by atoms with Gasteiger partial charge in [-0.05, 0) is 58.3 Å². The normalized spacial score (nSPS) is 21.9. The van der Waals surface area contributed by atoms with Crippen molar-refractivity contribution in [1.82, 2.24) is 10.6 Å². The van der Waals surface area contributed by atoms with Gasteiger partial charge in [-0.3, -0.25) is 9.59 Å². The Kier molecular flexibility index (Phi) is 14.2. The Morgan fingerprint density at radius 3 is 1.62 bits per heavy atom. The van der Waals surface area contributed by atoms with Gasteiger partial charge in [0.25, 0.3) is 0 Å². The van der Waals surface area contributed by atoms with E-state index in [1.165, 1.54) is 12.8 Å². The molecule has 232 valence electrons. The van der Waals surface area contributed by atoms with Crippen LogP contribution in [0.3, 0.4) is 0 Å². The molecule has 0 unspecified atom stereocenters. The van der Waals surface area contributed by atoms with Crippen molar-refractivity contribution in [3.8, 4) is 0 Å². The number of aliphatic hydroxyl groups excluding tert-OH is 2. The topological polar surface area (TPSA) is 151 Å². The maximum atomic E-state index is 13.3. The van der Waals surface area contributed by atoms with Crippen LogP contribution in [-0.2, 0) is 14.3 Å². The molecule has 2 aliphatic rings. The lowest BCUT2D eigenvalue weighted by Crippen LogP contribution is -2.50. The highest BCUT2D eigenvalue weighted by Crippen LogP contribution is 2.30. The van der Waals surface area contributed by atoms with E-state index in [2.05, 4.69) is 10.6 Å². The third kappa shape index (κ3) is 12.8. The molecule has 3 amide bonds. The number of ether oxygens (including phenoxy) is 1. The van der Waals surface area contributed by atoms with Crippen LogP contribution in [0.2, 0.25) is 0 Å². The number of nitrogens with two attached hydrogens (primary N) is 1. The van der Waals surface area contributed by atoms with E-state index in [-0.39, 0.29) is 18.7 Å². The van der Waals surface area contributed by atoms with Crippen LogP contribution in [0.25, 0.3) is 0 Å². The molecule has 6 N–H and O–H groups in total. The van der Waals surface area contributed by atoms with Crippen molar-refractivity contribution in [1.29, 1.82) is 0 Å². The number of nitrogens with one attached hydrogen (secondary N) is 2. The number of hydrogen-bond donors (Lipinski definition) is 5. The minimum atomic E-state index is -0.924. The van der Waals surface area contributed by atoms with Gasteiger partial charge in [0.05, 0.1) is 24.3 Å². The highest BCUT2D eigenvalue weighted by Gasteiger charge is 2.33. The zero-order chi connectivity index (χ0) is 29.9. The van der Waals surface area contributed by atoms with Crippen LogP contribution in [0.4, 0.5) is 4.79 Å². The van der Waals surface area contributed by atoms with Gasteiger partial charge in [-0.15, -0.1) is 0 Å². The first kappa shape index (κ1) is 34.3. The smallest absolute Gasteiger partial charge is 0.407 e. The molecule has 0 aromatic carbocycles. The third-order valence-corrected chi connectivity index (χ3v) is 8.71. The predicted octanol–water partition coefficient (Wildman–Crippen LogP) is 4.56. The van der Waals surface area contributed by atoms with Gasteiger partial charge in [0.1, 0.15) is 5.60 Å². The first-order valence-corrected chi connectivity index (χ1v) is 15.7. The van der Waals surface area contributed by atoms with Crippen molar-refractivity contribution in [2.45, 2.75) is 154 Å². The molecule has 6 atom stereocenters. The molecule has 0 heterocycles. The molecule has 0 spiro atoms. The number of amides is 3. The van der Waals surface area contributed by atoms with Gasteiger partial charge < -0.3 is 31.3 Å². The molecule has 2 aliphatic carbocycles. The molecule has 0 saturated heterocycles. The lowest BCUT2D eigenvalue weighted by Gasteiger charge is -2.33. The molecule has 9 nitrogen and oxygen atoms in total. The molecule has 0 aliphatic heterocycles. The fourth-order valence-electron chi connectivity index (χ4n) is 6.25. The summed E-state index contributed by atoms with van der Waals surface area (Å²) < 4.78 is 5.46. The molecule has 2 saturated carbocycles. The highest BCUT2D eigenvalue weighted by molar-refractivity contribution is 5.79. The van der Waals surface area contributed by atoms with E-state index in [9.17, 15) is 24.6 Å². The molecular weight excluding hydrogens is 510 g/mol. The minimum Gasteiger partial charge on any atom is -0.444 e. The van der Waals surface area contributed by atoms with Crippen LogP contribution in [0.1, 0.15) is 125 Å². The Hall–Kier alpha value is -1.87. The molecule has 2 rings (SSSR count). The van der Waals surface area contributed by atoms with Gasteiger partial charge >= 0.3 is 6.09 Å². The van der Waals surface area contributed by atoms with Crippen molar-refractivity contribution in [3.05, 3.63) is 0 Å². The molecule has 0 bridgehead atoms. The van der Waals surface area contributed by atoms with Gasteiger partial charge in [-0.1, -0.05) is 78.1 Å². The van der Waals surface area contributed by atoms with Crippen LogP contribution < -0.4 is 16.4 Å². The predicted molar refractivity (Wildman–Crippen MR) is 156 cm³/mol. The zero-order valence-corrected chi connectivity index (χ0v) is 25.6. The Balaban J connectivity index is 2.05. The monoisotopic (exact) mass is 567 g/mol. The number of carbonyl (C=O) groups excluding carboxylic acids is 3. The first-order valence-electron chi connectivity index (χ1n) is 15.7. The number of carbonyl (C=O) groups is 3. The molecule has 2 fully saturated rings. The Morgan fingerprint density at radius 1 is 0.775 bits per heavy atom. The summed E-state index contributed by atoms with van der Waals surface area (Å²) in [7, 11) is 0. The lowest BCUT2D eigenvalue weighted by atomic mass is 9.82. The van der Waals surface area contributed by atoms with E-state index in [0.29, 0.717) is 24.7 Å². The quantitative estimate of drug-likeness (QED) is 0.207. The van der Waals surface area contributed by atoms with E-state index >= 15 is 0 Å². The highest BCUT2D eigenvalue weighted by atomic mass is 16.6. The van der Waals surface area contributed by atoms with Crippen molar-refractivity contribution in [2.24, 2.45) is 29.4 Å². The summed E-state index contributed by atoms with van der Waals surface area (Å²) in [5.41, 5.74) is 4.78. The van der Waals surface area contributed by atoms with Crippen LogP contribution in [0, 0.1) is 23.7 Å². The summed E-state index contributed by atoms with van der Waals surface area (Å²) in [6.07, 6.45) is 10.6. The minimum absolute atomic E-state index is 0.170. The van der Waals surface area contributed by atoms with Crippen LogP contribution >= 0.6 is 0 Å². The summed E-state index contributed by atoms with van der Waals surface area (Å²) in [5, 5.41) is 28.2. The largest absolute Gasteiger partial charge is 0.444 e. The van der Waals surface area contributed by atoms with Gasteiger partial charge in [0.15, 0.2) is 0 Å². The summed E-state index contributed by atoms with van der Waals surface area (Å²) in [6, 6.07) is -1.01. The van der Waals surface area contributed by atoms with Crippen LogP contribution in [0.15, 0.2) is 0 Å². The molecule has 0 radical (unpaired) electrons. The Morgan fingerprint density at radius 2 is 1.20 bits per heavy atom. The maximum absolute atomic E-state index is 13.3. The van der Waals surface area contributed by atoms with Gasteiger partial charge in [0.2, 0.25) is 11.8 Å². The van der Waals surface area contributed by atoms with Gasteiger partial charge in [0, 0.05) is 11.8 Å². The second-order valence-corrected chi connectivity index (χ2v) is 13.7. The van der Waals surface area contributed by atoms with Crippen molar-refractivity contribution >= 4 is 17.9 Å². The number of hydrogen-bond acceptors (Lipinski definition) is 6. The SMILES string of the molecule is C[C@H](C[C@H](O)[C@H](CC1CCCCC1)NC(=O)[C@H](C)C[C@H](O)[C@H](CC1CCCCC1)NC(=O)OC(C)(C)C)C(N)=O. The van der Waals surface area contributed by atoms with Crippen molar-refractivity contribution in [2.75, 3.05) is 0 Å². The maximum Gasteiger partial charge on any atom is 0.407 e. The number of aliphatic hydroxyl groups is 2. The Bertz CT molecular complexity index is 788. The first-order chi connectivity index (χ1) is 18.7. The van der Waals surface area contributed by atoms with Crippen molar-refractivity contribution < 1.29 is 29.3 Å². The Labute approximate surface area is 241 Å². The fraction of sp³-hybridized carbons (Fsp3) is 0.903. The second kappa shape index (κ2) is 16.5. The van der Waals surface area contributed by atoms with Gasteiger partial charge in [-0.25, -0.2) is 4.79 Å². The summed E-state index contributed by atoms with van der Waals surface area (Å²) in [6.45, 7) is 8.85. The second-order valence-electron chi connectivity index (χ2n) is 13.7. The van der Waals surface area contributed by atoms with E-state index in [0.717, 1.165) is 51.4 Å². The summed E-state index contributed by atoms with van der Waals surface area (Å²) in [4.78, 5) is 37.6. The van der Waals surface area contributed by atoms with E-state index in [4.69, 9.17) is 10.5 Å². The number of rotatable bonds is 14. The van der Waals surface area contributed by atoms with Crippen molar-refractivity contribution in [3.63, 3.8) is 0 Å². The van der Waals surface area contributed by atoms with E-state index in [1.54, 1.807) is 34.6 Å².